The molecule has 0 aliphatic heterocycles. The Balaban J connectivity index is 3.06. The van der Waals surface area contributed by atoms with E-state index >= 15 is 0 Å². The average Bonchev–Trinajstić information content (AvgIpc) is 2.49. The summed E-state index contributed by atoms with van der Waals surface area (Å²) in [6.45, 7) is 1.54. The van der Waals surface area contributed by atoms with Crippen molar-refractivity contribution in [2.75, 3.05) is 48.5 Å². The van der Waals surface area contributed by atoms with E-state index in [0.29, 0.717) is 23.8 Å². The topological polar surface area (TPSA) is 66.8 Å². The van der Waals surface area contributed by atoms with E-state index in [0.717, 1.165) is 12.1 Å². The van der Waals surface area contributed by atoms with Gasteiger partial charge in [0.25, 0.3) is 0 Å². The molecule has 0 amide bonds. The third kappa shape index (κ3) is 4.25. The summed E-state index contributed by atoms with van der Waals surface area (Å²) < 4.78 is 16.0. The van der Waals surface area contributed by atoms with E-state index in [-0.39, 0.29) is 0 Å². The lowest BCUT2D eigenvalue weighted by atomic mass is 10.1. The molecule has 1 N–H and O–H groups in total. The summed E-state index contributed by atoms with van der Waals surface area (Å²) in [6.07, 6.45) is 0. The van der Waals surface area contributed by atoms with Gasteiger partial charge in [-0.15, -0.1) is 0 Å². The smallest absolute Gasteiger partial charge is 0.203 e. The quantitative estimate of drug-likeness (QED) is 0.782. The second-order valence-corrected chi connectivity index (χ2v) is 4.74. The minimum atomic E-state index is -0.472. The van der Waals surface area contributed by atoms with Gasteiger partial charge >= 0.3 is 0 Å². The van der Waals surface area contributed by atoms with Gasteiger partial charge in [-0.1, -0.05) is 0 Å². The summed E-state index contributed by atoms with van der Waals surface area (Å²) in [7, 11) is 8.63. The van der Waals surface area contributed by atoms with Gasteiger partial charge in [-0.3, -0.25) is 5.32 Å². The zero-order valence-corrected chi connectivity index (χ0v) is 13.3. The van der Waals surface area contributed by atoms with E-state index in [4.69, 9.17) is 14.2 Å². The van der Waals surface area contributed by atoms with Crippen molar-refractivity contribution in [2.45, 2.75) is 6.04 Å². The van der Waals surface area contributed by atoms with Gasteiger partial charge in [0.1, 0.15) is 6.04 Å². The molecule has 0 aliphatic carbocycles. The summed E-state index contributed by atoms with van der Waals surface area (Å²) in [5.41, 5.74) is 0.733. The van der Waals surface area contributed by atoms with E-state index in [9.17, 15) is 5.26 Å². The number of nitrogens with zero attached hydrogens (tertiary/aromatic N) is 2. The summed E-state index contributed by atoms with van der Waals surface area (Å²) in [6, 6.07) is 5.37. The zero-order valence-electron chi connectivity index (χ0n) is 13.3. The van der Waals surface area contributed by atoms with Crippen LogP contribution < -0.4 is 19.5 Å². The summed E-state index contributed by atoms with van der Waals surface area (Å²) in [5.74, 6) is 1.58. The zero-order chi connectivity index (χ0) is 15.8. The molecule has 0 aliphatic rings. The molecule has 0 saturated carbocycles. The van der Waals surface area contributed by atoms with Crippen LogP contribution in [0.2, 0.25) is 0 Å². The Bertz CT molecular complexity index is 498. The lowest BCUT2D eigenvalue weighted by Gasteiger charge is -2.20. The highest BCUT2D eigenvalue weighted by atomic mass is 16.5. The van der Waals surface area contributed by atoms with Gasteiger partial charge in [0.2, 0.25) is 5.75 Å². The molecule has 0 fully saturated rings. The molecule has 116 valence electrons. The van der Waals surface area contributed by atoms with Gasteiger partial charge in [-0.25, -0.2) is 0 Å². The molecule has 0 spiro atoms. The molecule has 1 aromatic rings. The second kappa shape index (κ2) is 8.35. The van der Waals surface area contributed by atoms with Crippen molar-refractivity contribution in [3.8, 4) is 23.3 Å². The van der Waals surface area contributed by atoms with Crippen LogP contribution in [0.4, 0.5) is 0 Å². The molecule has 0 bridgehead atoms. The van der Waals surface area contributed by atoms with Crippen molar-refractivity contribution in [3.63, 3.8) is 0 Å². The Labute approximate surface area is 126 Å². The largest absolute Gasteiger partial charge is 0.493 e. The van der Waals surface area contributed by atoms with Crippen LogP contribution in [0.25, 0.3) is 0 Å². The number of likely N-dealkylation sites (N-methyl/N-ethyl adjacent to an activating group) is 1. The molecule has 1 aromatic carbocycles. The van der Waals surface area contributed by atoms with Gasteiger partial charge < -0.3 is 19.1 Å². The molecule has 1 atom stereocenters. The van der Waals surface area contributed by atoms with Crippen molar-refractivity contribution in [1.82, 2.24) is 10.2 Å². The van der Waals surface area contributed by atoms with Gasteiger partial charge in [-0.2, -0.15) is 5.26 Å². The molecule has 0 heterocycles. The van der Waals surface area contributed by atoms with E-state index in [1.54, 1.807) is 27.4 Å². The van der Waals surface area contributed by atoms with Crippen molar-refractivity contribution >= 4 is 0 Å². The van der Waals surface area contributed by atoms with Gasteiger partial charge in [0.05, 0.1) is 27.4 Å². The lowest BCUT2D eigenvalue weighted by Crippen LogP contribution is -2.29. The predicted molar refractivity (Wildman–Crippen MR) is 81.0 cm³/mol. The monoisotopic (exact) mass is 293 g/mol. The Morgan fingerprint density at radius 3 is 2.29 bits per heavy atom. The Kier molecular flexibility index (Phi) is 6.79. The van der Waals surface area contributed by atoms with Crippen LogP contribution >= 0.6 is 0 Å². The minimum absolute atomic E-state index is 0.472. The van der Waals surface area contributed by atoms with Crippen LogP contribution in [0.3, 0.4) is 0 Å². The second-order valence-electron chi connectivity index (χ2n) is 4.74. The highest BCUT2D eigenvalue weighted by Crippen LogP contribution is 2.41. The van der Waals surface area contributed by atoms with Crippen molar-refractivity contribution in [2.24, 2.45) is 0 Å². The summed E-state index contributed by atoms with van der Waals surface area (Å²) >= 11 is 0. The van der Waals surface area contributed by atoms with Crippen LogP contribution in [0, 0.1) is 11.3 Å². The number of hydrogen-bond donors (Lipinski definition) is 1. The molecule has 6 heteroatoms. The number of ether oxygens (including phenoxy) is 3. The molecule has 0 saturated heterocycles. The highest BCUT2D eigenvalue weighted by molar-refractivity contribution is 5.57. The molecular weight excluding hydrogens is 270 g/mol. The number of methoxy groups -OCH3 is 3. The number of benzene rings is 1. The normalized spacial score (nSPS) is 11.9. The summed E-state index contributed by atoms with van der Waals surface area (Å²) in [5, 5.41) is 12.6. The van der Waals surface area contributed by atoms with Gasteiger partial charge in [-0.05, 0) is 26.2 Å². The van der Waals surface area contributed by atoms with Crippen LogP contribution in [0.5, 0.6) is 17.2 Å². The van der Waals surface area contributed by atoms with Crippen LogP contribution in [0.15, 0.2) is 12.1 Å². The third-order valence-corrected chi connectivity index (χ3v) is 3.08. The molecular formula is C15H23N3O3. The van der Waals surface area contributed by atoms with Gasteiger partial charge in [0.15, 0.2) is 11.5 Å². The maximum absolute atomic E-state index is 9.40. The third-order valence-electron chi connectivity index (χ3n) is 3.08. The van der Waals surface area contributed by atoms with Crippen LogP contribution in [-0.2, 0) is 0 Å². The molecule has 1 rings (SSSR count). The van der Waals surface area contributed by atoms with Crippen molar-refractivity contribution in [3.05, 3.63) is 17.7 Å². The molecule has 6 nitrogen and oxygen atoms in total. The maximum atomic E-state index is 9.40. The first kappa shape index (κ1) is 17.1. The predicted octanol–water partition coefficient (Wildman–Crippen LogP) is 1.43. The van der Waals surface area contributed by atoms with Crippen LogP contribution in [0.1, 0.15) is 11.6 Å². The Hall–Kier alpha value is -1.97. The first-order chi connectivity index (χ1) is 10.1. The number of nitriles is 1. The SMILES string of the molecule is COc1ccc(C(C#N)NCCN(C)C)c(OC)c1OC. The lowest BCUT2D eigenvalue weighted by molar-refractivity contribution is 0.320. The average molecular weight is 293 g/mol. The van der Waals surface area contributed by atoms with Crippen molar-refractivity contribution < 1.29 is 14.2 Å². The van der Waals surface area contributed by atoms with Crippen LogP contribution in [-0.4, -0.2) is 53.4 Å². The Morgan fingerprint density at radius 1 is 1.14 bits per heavy atom. The van der Waals surface area contributed by atoms with E-state index in [1.807, 2.05) is 25.1 Å². The summed E-state index contributed by atoms with van der Waals surface area (Å²) in [4.78, 5) is 2.05. The number of nitrogens with one attached hydrogen (secondary N) is 1. The van der Waals surface area contributed by atoms with Crippen molar-refractivity contribution in [1.29, 1.82) is 5.26 Å². The maximum Gasteiger partial charge on any atom is 0.203 e. The van der Waals surface area contributed by atoms with E-state index < -0.39 is 6.04 Å². The molecule has 0 aromatic heterocycles. The Morgan fingerprint density at radius 2 is 1.81 bits per heavy atom. The molecule has 21 heavy (non-hydrogen) atoms. The molecule has 0 radical (unpaired) electrons. The van der Waals surface area contributed by atoms with Gasteiger partial charge in [0, 0.05) is 18.7 Å². The first-order valence-electron chi connectivity index (χ1n) is 6.65. The van der Waals surface area contributed by atoms with E-state index in [1.165, 1.54) is 0 Å². The minimum Gasteiger partial charge on any atom is -0.493 e. The van der Waals surface area contributed by atoms with E-state index in [2.05, 4.69) is 11.4 Å². The standard InChI is InChI=1S/C15H23N3O3/c1-18(2)9-8-17-12(10-16)11-6-7-13(19-3)15(21-5)14(11)20-4/h6-7,12,17H,8-9H2,1-5H3. The highest BCUT2D eigenvalue weighted by Gasteiger charge is 2.21. The first-order valence-corrected chi connectivity index (χ1v) is 6.65. The fourth-order valence-electron chi connectivity index (χ4n) is 2.01. The fourth-order valence-corrected chi connectivity index (χ4v) is 2.01. The number of rotatable bonds is 8. The fraction of sp³-hybridized carbons (Fsp3) is 0.533. The molecule has 1 unspecified atom stereocenters. The number of hydrogen-bond acceptors (Lipinski definition) is 6.